The summed E-state index contributed by atoms with van der Waals surface area (Å²) in [6, 6.07) is 9.12. The number of hydrogen-bond acceptors (Lipinski definition) is 3. The first-order valence-electron chi connectivity index (χ1n) is 6.84. The third kappa shape index (κ3) is 3.62. The standard InChI is InChI=1S/C16H15ClN4O2/c1-16(2,3)10-6-4-9(5-7-10)11-8-12(20-21-18)13(15(22)23)14(17)19-11/h4-8H,1-3H3,(H,22,23). The van der Waals surface area contributed by atoms with Gasteiger partial charge in [0.2, 0.25) is 0 Å². The Bertz CT molecular complexity index is 804. The predicted octanol–water partition coefficient (Wildman–Crippen LogP) is 5.34. The van der Waals surface area contributed by atoms with Crippen molar-refractivity contribution in [2.24, 2.45) is 5.11 Å². The zero-order valence-corrected chi connectivity index (χ0v) is 13.7. The fourth-order valence-electron chi connectivity index (χ4n) is 2.11. The van der Waals surface area contributed by atoms with E-state index in [2.05, 4.69) is 35.8 Å². The van der Waals surface area contributed by atoms with Gasteiger partial charge in [-0.2, -0.15) is 0 Å². The van der Waals surface area contributed by atoms with Crippen LogP contribution >= 0.6 is 11.6 Å². The SMILES string of the molecule is CC(C)(C)c1ccc(-c2cc(N=[N+]=[N-])c(C(=O)O)c(Cl)n2)cc1. The van der Waals surface area contributed by atoms with E-state index in [9.17, 15) is 4.79 Å². The number of carbonyl (C=O) groups is 1. The first-order chi connectivity index (χ1) is 10.7. The predicted molar refractivity (Wildman–Crippen MR) is 89.1 cm³/mol. The summed E-state index contributed by atoms with van der Waals surface area (Å²) < 4.78 is 0. The molecule has 0 radical (unpaired) electrons. The molecule has 7 heteroatoms. The lowest BCUT2D eigenvalue weighted by Crippen LogP contribution is -2.10. The van der Waals surface area contributed by atoms with Crippen LogP contribution in [0.5, 0.6) is 0 Å². The van der Waals surface area contributed by atoms with Gasteiger partial charge in [0.15, 0.2) is 0 Å². The summed E-state index contributed by atoms with van der Waals surface area (Å²) in [4.78, 5) is 18.0. The third-order valence-corrected chi connectivity index (χ3v) is 3.64. The summed E-state index contributed by atoms with van der Waals surface area (Å²) in [7, 11) is 0. The quantitative estimate of drug-likeness (QED) is 0.356. The number of rotatable bonds is 3. The molecule has 0 aliphatic carbocycles. The van der Waals surface area contributed by atoms with Crippen molar-refractivity contribution in [3.05, 3.63) is 57.1 Å². The monoisotopic (exact) mass is 330 g/mol. The maximum Gasteiger partial charge on any atom is 0.339 e. The Hall–Kier alpha value is -2.56. The van der Waals surface area contributed by atoms with Crippen LogP contribution in [0.1, 0.15) is 36.7 Å². The van der Waals surface area contributed by atoms with Crippen LogP contribution in [0.2, 0.25) is 5.15 Å². The number of carboxylic acids is 1. The fourth-order valence-corrected chi connectivity index (χ4v) is 2.38. The molecule has 0 amide bonds. The first kappa shape index (κ1) is 16.8. The average molecular weight is 331 g/mol. The van der Waals surface area contributed by atoms with Crippen molar-refractivity contribution in [2.75, 3.05) is 0 Å². The second kappa shape index (κ2) is 6.28. The lowest BCUT2D eigenvalue weighted by molar-refractivity contribution is 0.0697. The van der Waals surface area contributed by atoms with Crippen LogP contribution in [-0.2, 0) is 5.41 Å². The molecule has 118 valence electrons. The molecule has 0 saturated heterocycles. The molecule has 0 fully saturated rings. The summed E-state index contributed by atoms with van der Waals surface area (Å²) in [5.74, 6) is -1.29. The number of benzene rings is 1. The second-order valence-electron chi connectivity index (χ2n) is 6.01. The van der Waals surface area contributed by atoms with Crippen molar-refractivity contribution >= 4 is 23.3 Å². The molecule has 0 bridgehead atoms. The van der Waals surface area contributed by atoms with Gasteiger partial charge in [-0.15, -0.1) is 0 Å². The number of halogens is 1. The van der Waals surface area contributed by atoms with E-state index >= 15 is 0 Å². The molecule has 2 rings (SSSR count). The average Bonchev–Trinajstić information content (AvgIpc) is 2.46. The number of carboxylic acid groups (broad SMARTS) is 1. The van der Waals surface area contributed by atoms with Crippen molar-refractivity contribution in [1.29, 1.82) is 0 Å². The Labute approximate surface area is 138 Å². The number of aromatic nitrogens is 1. The van der Waals surface area contributed by atoms with Gasteiger partial charge >= 0.3 is 5.97 Å². The van der Waals surface area contributed by atoms with E-state index < -0.39 is 5.97 Å². The van der Waals surface area contributed by atoms with Gasteiger partial charge < -0.3 is 5.11 Å². The van der Waals surface area contributed by atoms with Crippen LogP contribution in [-0.4, -0.2) is 16.1 Å². The summed E-state index contributed by atoms with van der Waals surface area (Å²) in [5, 5.41) is 12.3. The first-order valence-corrected chi connectivity index (χ1v) is 7.21. The molecule has 1 aromatic carbocycles. The highest BCUT2D eigenvalue weighted by Crippen LogP contribution is 2.32. The van der Waals surface area contributed by atoms with Gasteiger partial charge in [-0.25, -0.2) is 9.78 Å². The van der Waals surface area contributed by atoms with Crippen LogP contribution in [0.4, 0.5) is 5.69 Å². The van der Waals surface area contributed by atoms with Crippen molar-refractivity contribution < 1.29 is 9.90 Å². The summed E-state index contributed by atoms with van der Waals surface area (Å²) >= 11 is 5.94. The molecule has 23 heavy (non-hydrogen) atoms. The lowest BCUT2D eigenvalue weighted by Gasteiger charge is -2.19. The number of aromatic carboxylic acids is 1. The Kier molecular flexibility index (Phi) is 4.59. The van der Waals surface area contributed by atoms with Crippen LogP contribution in [0.15, 0.2) is 35.4 Å². The number of pyridine rings is 1. The number of hydrogen-bond donors (Lipinski definition) is 1. The molecular weight excluding hydrogens is 316 g/mol. The molecule has 0 aliphatic rings. The van der Waals surface area contributed by atoms with Gasteiger partial charge in [-0.1, -0.05) is 61.8 Å². The highest BCUT2D eigenvalue weighted by molar-refractivity contribution is 6.33. The smallest absolute Gasteiger partial charge is 0.339 e. The maximum atomic E-state index is 11.2. The molecule has 1 N–H and O–H groups in total. The zero-order valence-electron chi connectivity index (χ0n) is 12.9. The Morgan fingerprint density at radius 1 is 1.30 bits per heavy atom. The van der Waals surface area contributed by atoms with Crippen molar-refractivity contribution in [3.8, 4) is 11.3 Å². The van der Waals surface area contributed by atoms with E-state index in [1.165, 1.54) is 6.07 Å². The summed E-state index contributed by atoms with van der Waals surface area (Å²) in [6.45, 7) is 6.33. The van der Waals surface area contributed by atoms with Crippen molar-refractivity contribution in [2.45, 2.75) is 26.2 Å². The van der Waals surface area contributed by atoms with E-state index in [0.717, 1.165) is 11.1 Å². The normalized spacial score (nSPS) is 11.0. The summed E-state index contributed by atoms with van der Waals surface area (Å²) in [6.07, 6.45) is 0. The zero-order chi connectivity index (χ0) is 17.2. The molecule has 0 unspecified atom stereocenters. The molecule has 0 aliphatic heterocycles. The van der Waals surface area contributed by atoms with E-state index in [1.807, 2.05) is 24.3 Å². The Morgan fingerprint density at radius 2 is 1.91 bits per heavy atom. The molecule has 0 atom stereocenters. The van der Waals surface area contributed by atoms with Crippen LogP contribution in [0.25, 0.3) is 21.7 Å². The molecule has 6 nitrogen and oxygen atoms in total. The molecular formula is C16H15ClN4O2. The Morgan fingerprint density at radius 3 is 2.39 bits per heavy atom. The van der Waals surface area contributed by atoms with Gasteiger partial charge in [-0.05, 0) is 22.6 Å². The minimum atomic E-state index is -1.29. The fraction of sp³-hybridized carbons (Fsp3) is 0.250. The highest BCUT2D eigenvalue weighted by Gasteiger charge is 2.18. The minimum absolute atomic E-state index is 0.0209. The van der Waals surface area contributed by atoms with Gasteiger partial charge in [0.25, 0.3) is 0 Å². The van der Waals surface area contributed by atoms with Gasteiger partial charge in [-0.3, -0.25) is 0 Å². The largest absolute Gasteiger partial charge is 0.478 e. The highest BCUT2D eigenvalue weighted by atomic mass is 35.5. The lowest BCUT2D eigenvalue weighted by atomic mass is 9.86. The van der Waals surface area contributed by atoms with Crippen molar-refractivity contribution in [1.82, 2.24) is 4.98 Å². The molecule has 0 saturated carbocycles. The second-order valence-corrected chi connectivity index (χ2v) is 6.37. The van der Waals surface area contributed by atoms with E-state index in [4.69, 9.17) is 22.2 Å². The van der Waals surface area contributed by atoms with Crippen molar-refractivity contribution in [3.63, 3.8) is 0 Å². The molecule has 2 aromatic rings. The van der Waals surface area contributed by atoms with E-state index in [0.29, 0.717) is 5.69 Å². The third-order valence-electron chi connectivity index (χ3n) is 3.37. The Balaban J connectivity index is 2.56. The molecule has 1 heterocycles. The van der Waals surface area contributed by atoms with Gasteiger partial charge in [0.05, 0.1) is 11.4 Å². The maximum absolute atomic E-state index is 11.2. The van der Waals surface area contributed by atoms with Gasteiger partial charge in [0, 0.05) is 10.5 Å². The van der Waals surface area contributed by atoms with E-state index in [1.54, 1.807) is 0 Å². The van der Waals surface area contributed by atoms with Gasteiger partial charge in [0.1, 0.15) is 10.7 Å². The van der Waals surface area contributed by atoms with Crippen LogP contribution in [0.3, 0.4) is 0 Å². The summed E-state index contributed by atoms with van der Waals surface area (Å²) in [5.41, 5.74) is 10.6. The molecule has 1 aromatic heterocycles. The number of azide groups is 1. The van der Waals surface area contributed by atoms with Crippen LogP contribution < -0.4 is 0 Å². The topological polar surface area (TPSA) is 99.0 Å². The molecule has 0 spiro atoms. The van der Waals surface area contributed by atoms with Crippen LogP contribution in [0, 0.1) is 0 Å². The van der Waals surface area contributed by atoms with E-state index in [-0.39, 0.29) is 21.8 Å². The number of nitrogens with zero attached hydrogens (tertiary/aromatic N) is 4. The minimum Gasteiger partial charge on any atom is -0.478 e.